The first-order chi connectivity index (χ1) is 5.72. The summed E-state index contributed by atoms with van der Waals surface area (Å²) in [6.45, 7) is 4.96. The molecule has 0 amide bonds. The normalized spacial score (nSPS) is 24.2. The minimum absolute atomic E-state index is 0.226. The Morgan fingerprint density at radius 3 is 2.42 bits per heavy atom. The topological polar surface area (TPSA) is 43.7 Å². The summed E-state index contributed by atoms with van der Waals surface area (Å²) in [5.74, 6) is 0.496. The molecule has 12 heavy (non-hydrogen) atoms. The van der Waals surface area contributed by atoms with Crippen molar-refractivity contribution in [1.29, 1.82) is 0 Å². The van der Waals surface area contributed by atoms with Gasteiger partial charge in [-0.1, -0.05) is 0 Å². The zero-order valence-electron chi connectivity index (χ0n) is 7.74. The smallest absolute Gasteiger partial charge is 0.0639 e. The molecule has 0 aromatic heterocycles. The second kappa shape index (κ2) is 4.80. The van der Waals surface area contributed by atoms with E-state index in [0.717, 1.165) is 32.5 Å². The molecule has 0 aromatic carbocycles. The Morgan fingerprint density at radius 2 is 2.00 bits per heavy atom. The van der Waals surface area contributed by atoms with E-state index in [1.807, 2.05) is 6.92 Å². The van der Waals surface area contributed by atoms with E-state index in [4.69, 9.17) is 10.2 Å². The number of rotatable bonds is 3. The maximum absolute atomic E-state index is 9.14. The van der Waals surface area contributed by atoms with Gasteiger partial charge in [0, 0.05) is 13.2 Å². The fourth-order valence-corrected chi connectivity index (χ4v) is 1.73. The Balaban J connectivity index is 2.17. The summed E-state index contributed by atoms with van der Waals surface area (Å²) < 4.78 is 0. The SMILES string of the molecule is C[C@H](O)CN1CCC(CO)CC1. The third-order valence-electron chi connectivity index (χ3n) is 2.49. The van der Waals surface area contributed by atoms with Gasteiger partial charge in [-0.2, -0.15) is 0 Å². The van der Waals surface area contributed by atoms with Gasteiger partial charge in [0.05, 0.1) is 6.10 Å². The van der Waals surface area contributed by atoms with Crippen LogP contribution in [0.1, 0.15) is 19.8 Å². The third-order valence-corrected chi connectivity index (χ3v) is 2.49. The molecule has 1 saturated heterocycles. The second-order valence-electron chi connectivity index (χ2n) is 3.78. The van der Waals surface area contributed by atoms with E-state index in [0.29, 0.717) is 12.5 Å². The predicted molar refractivity (Wildman–Crippen MR) is 47.9 cm³/mol. The summed E-state index contributed by atoms with van der Waals surface area (Å²) in [6, 6.07) is 0. The Labute approximate surface area is 74.0 Å². The van der Waals surface area contributed by atoms with Gasteiger partial charge in [0.1, 0.15) is 0 Å². The van der Waals surface area contributed by atoms with Gasteiger partial charge in [0.25, 0.3) is 0 Å². The molecule has 1 fully saturated rings. The van der Waals surface area contributed by atoms with Crippen LogP contribution >= 0.6 is 0 Å². The van der Waals surface area contributed by atoms with Crippen molar-refractivity contribution in [3.05, 3.63) is 0 Å². The molecule has 0 radical (unpaired) electrons. The number of likely N-dealkylation sites (tertiary alicyclic amines) is 1. The molecule has 1 aliphatic heterocycles. The molecular formula is C9H19NO2. The summed E-state index contributed by atoms with van der Waals surface area (Å²) in [4.78, 5) is 2.26. The van der Waals surface area contributed by atoms with Crippen molar-refractivity contribution in [2.45, 2.75) is 25.9 Å². The van der Waals surface area contributed by atoms with E-state index in [1.165, 1.54) is 0 Å². The van der Waals surface area contributed by atoms with Gasteiger partial charge in [-0.05, 0) is 38.8 Å². The molecule has 0 aromatic rings. The van der Waals surface area contributed by atoms with Crippen molar-refractivity contribution in [2.75, 3.05) is 26.2 Å². The number of nitrogens with zero attached hydrogens (tertiary/aromatic N) is 1. The third kappa shape index (κ3) is 3.09. The minimum Gasteiger partial charge on any atom is -0.396 e. The average molecular weight is 173 g/mol. The van der Waals surface area contributed by atoms with Crippen molar-refractivity contribution < 1.29 is 10.2 Å². The maximum atomic E-state index is 9.14. The Bertz CT molecular complexity index is 120. The molecular weight excluding hydrogens is 154 g/mol. The van der Waals surface area contributed by atoms with Gasteiger partial charge in [0.15, 0.2) is 0 Å². The first-order valence-corrected chi connectivity index (χ1v) is 4.73. The van der Waals surface area contributed by atoms with E-state index in [1.54, 1.807) is 0 Å². The lowest BCUT2D eigenvalue weighted by Crippen LogP contribution is -2.38. The highest BCUT2D eigenvalue weighted by Gasteiger charge is 2.18. The van der Waals surface area contributed by atoms with Crippen LogP contribution in [0.15, 0.2) is 0 Å². The van der Waals surface area contributed by atoms with Crippen LogP contribution < -0.4 is 0 Å². The largest absolute Gasteiger partial charge is 0.396 e. The van der Waals surface area contributed by atoms with Crippen molar-refractivity contribution >= 4 is 0 Å². The molecule has 1 aliphatic rings. The number of hydrogen-bond acceptors (Lipinski definition) is 3. The van der Waals surface area contributed by atoms with Gasteiger partial charge in [-0.3, -0.25) is 0 Å². The molecule has 1 rings (SSSR count). The van der Waals surface area contributed by atoms with Gasteiger partial charge >= 0.3 is 0 Å². The van der Waals surface area contributed by atoms with Crippen molar-refractivity contribution in [3.8, 4) is 0 Å². The lowest BCUT2D eigenvalue weighted by atomic mass is 9.98. The van der Waals surface area contributed by atoms with Crippen LogP contribution in [0, 0.1) is 5.92 Å². The van der Waals surface area contributed by atoms with Crippen LogP contribution in [0.5, 0.6) is 0 Å². The summed E-state index contributed by atoms with van der Waals surface area (Å²) in [5.41, 5.74) is 0. The summed E-state index contributed by atoms with van der Waals surface area (Å²) in [6.07, 6.45) is 1.92. The van der Waals surface area contributed by atoms with Crippen LogP contribution in [0.2, 0.25) is 0 Å². The Kier molecular flexibility index (Phi) is 3.98. The van der Waals surface area contributed by atoms with Crippen molar-refractivity contribution in [2.24, 2.45) is 5.92 Å². The van der Waals surface area contributed by atoms with E-state index in [9.17, 15) is 0 Å². The molecule has 2 N–H and O–H groups in total. The summed E-state index contributed by atoms with van der Waals surface area (Å²) >= 11 is 0. The molecule has 1 atom stereocenters. The summed E-state index contributed by atoms with van der Waals surface area (Å²) in [7, 11) is 0. The number of aliphatic hydroxyl groups is 2. The Morgan fingerprint density at radius 1 is 1.42 bits per heavy atom. The van der Waals surface area contributed by atoms with E-state index in [2.05, 4.69) is 4.90 Å². The first-order valence-electron chi connectivity index (χ1n) is 4.73. The molecule has 1 heterocycles. The van der Waals surface area contributed by atoms with Gasteiger partial charge in [-0.25, -0.2) is 0 Å². The molecule has 0 saturated carbocycles. The fourth-order valence-electron chi connectivity index (χ4n) is 1.73. The number of hydrogen-bond donors (Lipinski definition) is 2. The number of β-amino-alcohol motifs (C(OH)–C–C–N with tert-alkyl or cyclic N) is 1. The monoisotopic (exact) mass is 173 g/mol. The lowest BCUT2D eigenvalue weighted by molar-refractivity contribution is 0.0846. The standard InChI is InChI=1S/C9H19NO2/c1-8(12)6-10-4-2-9(7-11)3-5-10/h8-9,11-12H,2-7H2,1H3/t8-/m0/s1. The molecule has 0 bridgehead atoms. The van der Waals surface area contributed by atoms with E-state index >= 15 is 0 Å². The molecule has 0 spiro atoms. The van der Waals surface area contributed by atoms with Crippen LogP contribution in [-0.2, 0) is 0 Å². The minimum atomic E-state index is -0.226. The molecule has 3 nitrogen and oxygen atoms in total. The van der Waals surface area contributed by atoms with Crippen molar-refractivity contribution in [3.63, 3.8) is 0 Å². The second-order valence-corrected chi connectivity index (χ2v) is 3.78. The molecule has 0 unspecified atom stereocenters. The zero-order chi connectivity index (χ0) is 8.97. The maximum Gasteiger partial charge on any atom is 0.0639 e. The van der Waals surface area contributed by atoms with E-state index in [-0.39, 0.29) is 6.10 Å². The van der Waals surface area contributed by atoms with Crippen LogP contribution in [-0.4, -0.2) is 47.5 Å². The average Bonchev–Trinajstić information content (AvgIpc) is 2.05. The van der Waals surface area contributed by atoms with Gasteiger partial charge in [0.2, 0.25) is 0 Å². The highest BCUT2D eigenvalue weighted by Crippen LogP contribution is 2.16. The van der Waals surface area contributed by atoms with Gasteiger partial charge in [-0.15, -0.1) is 0 Å². The van der Waals surface area contributed by atoms with Crippen LogP contribution in [0.3, 0.4) is 0 Å². The summed E-state index contributed by atoms with van der Waals surface area (Å²) in [5, 5.41) is 18.0. The highest BCUT2D eigenvalue weighted by atomic mass is 16.3. The quantitative estimate of drug-likeness (QED) is 0.635. The van der Waals surface area contributed by atoms with E-state index < -0.39 is 0 Å². The molecule has 72 valence electrons. The van der Waals surface area contributed by atoms with Crippen LogP contribution in [0.25, 0.3) is 0 Å². The number of aliphatic hydroxyl groups excluding tert-OH is 2. The van der Waals surface area contributed by atoms with Crippen LogP contribution in [0.4, 0.5) is 0 Å². The highest BCUT2D eigenvalue weighted by molar-refractivity contribution is 4.72. The number of piperidine rings is 1. The first kappa shape index (κ1) is 9.96. The fraction of sp³-hybridized carbons (Fsp3) is 1.00. The van der Waals surface area contributed by atoms with Crippen molar-refractivity contribution in [1.82, 2.24) is 4.90 Å². The lowest BCUT2D eigenvalue weighted by Gasteiger charge is -2.31. The van der Waals surface area contributed by atoms with Gasteiger partial charge < -0.3 is 15.1 Å². The zero-order valence-corrected chi connectivity index (χ0v) is 7.74. The predicted octanol–water partition coefficient (Wildman–Crippen LogP) is 0.0715. The Hall–Kier alpha value is -0.120. The molecule has 3 heteroatoms. The molecule has 0 aliphatic carbocycles.